The van der Waals surface area contributed by atoms with Gasteiger partial charge in [-0.15, -0.1) is 0 Å². The third-order valence-corrected chi connectivity index (χ3v) is 3.00. The third kappa shape index (κ3) is 2.59. The molecule has 2 aromatic rings. The van der Waals surface area contributed by atoms with Crippen molar-refractivity contribution < 1.29 is 9.53 Å². The van der Waals surface area contributed by atoms with E-state index in [0.29, 0.717) is 12.4 Å². The lowest BCUT2D eigenvalue weighted by atomic mass is 10.1. The van der Waals surface area contributed by atoms with Gasteiger partial charge in [0.05, 0.1) is 19.0 Å². The predicted molar refractivity (Wildman–Crippen MR) is 72.9 cm³/mol. The molecule has 5 heteroatoms. The Morgan fingerprint density at radius 1 is 1.42 bits per heavy atom. The lowest BCUT2D eigenvalue weighted by molar-refractivity contribution is 0.0521. The number of nitrogen functional groups attached to an aromatic ring is 1. The van der Waals surface area contributed by atoms with Crippen molar-refractivity contribution in [2.45, 2.75) is 19.9 Å². The molecule has 0 spiro atoms. The van der Waals surface area contributed by atoms with Crippen molar-refractivity contribution in [3.05, 3.63) is 47.9 Å². The summed E-state index contributed by atoms with van der Waals surface area (Å²) >= 11 is 0. The standard InChI is InChI=1S/C14H17N3O2/c1-3-19-14(18)12-13(15)17(9-16-12)10(2)11-7-5-4-6-8-11/h4-10H,3,15H2,1-2H3/t10-/m0/s1. The fourth-order valence-corrected chi connectivity index (χ4v) is 1.93. The number of hydrogen-bond acceptors (Lipinski definition) is 4. The normalized spacial score (nSPS) is 12.1. The first-order valence-corrected chi connectivity index (χ1v) is 6.19. The van der Waals surface area contributed by atoms with Crippen LogP contribution >= 0.6 is 0 Å². The van der Waals surface area contributed by atoms with Crippen molar-refractivity contribution in [2.75, 3.05) is 12.3 Å². The van der Waals surface area contributed by atoms with Gasteiger partial charge in [-0.3, -0.25) is 0 Å². The highest BCUT2D eigenvalue weighted by Gasteiger charge is 2.19. The number of esters is 1. The summed E-state index contributed by atoms with van der Waals surface area (Å²) in [5.41, 5.74) is 7.24. The molecule has 1 aromatic heterocycles. The molecular formula is C14H17N3O2. The van der Waals surface area contributed by atoms with Crippen LogP contribution in [0.2, 0.25) is 0 Å². The van der Waals surface area contributed by atoms with Crippen molar-refractivity contribution in [3.8, 4) is 0 Å². The van der Waals surface area contributed by atoms with Gasteiger partial charge in [0.2, 0.25) is 0 Å². The number of carbonyl (C=O) groups is 1. The summed E-state index contributed by atoms with van der Waals surface area (Å²) in [6.07, 6.45) is 1.57. The number of benzene rings is 1. The Hall–Kier alpha value is -2.30. The summed E-state index contributed by atoms with van der Waals surface area (Å²) in [6, 6.07) is 9.91. The first-order valence-electron chi connectivity index (χ1n) is 6.19. The van der Waals surface area contributed by atoms with Crippen LogP contribution in [-0.4, -0.2) is 22.1 Å². The number of anilines is 1. The highest BCUT2D eigenvalue weighted by atomic mass is 16.5. The van der Waals surface area contributed by atoms with Gasteiger partial charge in [0.25, 0.3) is 0 Å². The molecular weight excluding hydrogens is 242 g/mol. The van der Waals surface area contributed by atoms with E-state index in [0.717, 1.165) is 5.56 Å². The SMILES string of the molecule is CCOC(=O)c1ncn([C@@H](C)c2ccccc2)c1N. The monoisotopic (exact) mass is 259 g/mol. The summed E-state index contributed by atoms with van der Waals surface area (Å²) in [7, 11) is 0. The molecule has 2 N–H and O–H groups in total. The molecule has 1 heterocycles. The minimum atomic E-state index is -0.487. The van der Waals surface area contributed by atoms with Crippen LogP contribution in [0.3, 0.4) is 0 Å². The molecule has 0 fully saturated rings. The van der Waals surface area contributed by atoms with Crippen molar-refractivity contribution in [3.63, 3.8) is 0 Å². The smallest absolute Gasteiger partial charge is 0.360 e. The van der Waals surface area contributed by atoms with Gasteiger partial charge in [0, 0.05) is 0 Å². The molecule has 0 unspecified atom stereocenters. The van der Waals surface area contributed by atoms with E-state index in [4.69, 9.17) is 10.5 Å². The van der Waals surface area contributed by atoms with Gasteiger partial charge < -0.3 is 15.0 Å². The van der Waals surface area contributed by atoms with Gasteiger partial charge in [-0.2, -0.15) is 0 Å². The Morgan fingerprint density at radius 3 is 2.74 bits per heavy atom. The highest BCUT2D eigenvalue weighted by Crippen LogP contribution is 2.23. The van der Waals surface area contributed by atoms with Crippen LogP contribution in [0.15, 0.2) is 36.7 Å². The summed E-state index contributed by atoms with van der Waals surface area (Å²) < 4.78 is 6.68. The van der Waals surface area contributed by atoms with E-state index in [1.807, 2.05) is 37.3 Å². The van der Waals surface area contributed by atoms with Gasteiger partial charge in [-0.1, -0.05) is 30.3 Å². The summed E-state index contributed by atoms with van der Waals surface area (Å²) in [5, 5.41) is 0. The number of ether oxygens (including phenoxy) is 1. The fraction of sp³-hybridized carbons (Fsp3) is 0.286. The molecule has 0 aliphatic carbocycles. The van der Waals surface area contributed by atoms with Crippen LogP contribution < -0.4 is 5.73 Å². The van der Waals surface area contributed by atoms with Gasteiger partial charge >= 0.3 is 5.97 Å². The molecule has 0 amide bonds. The van der Waals surface area contributed by atoms with Crippen molar-refractivity contribution >= 4 is 11.8 Å². The minimum Gasteiger partial charge on any atom is -0.461 e. The molecule has 19 heavy (non-hydrogen) atoms. The number of aromatic nitrogens is 2. The van der Waals surface area contributed by atoms with Crippen LogP contribution in [0, 0.1) is 0 Å². The van der Waals surface area contributed by atoms with E-state index >= 15 is 0 Å². The average Bonchev–Trinajstić information content (AvgIpc) is 2.81. The Morgan fingerprint density at radius 2 is 2.11 bits per heavy atom. The largest absolute Gasteiger partial charge is 0.461 e. The van der Waals surface area contributed by atoms with Gasteiger partial charge in [0.1, 0.15) is 5.82 Å². The number of nitrogens with zero attached hydrogens (tertiary/aromatic N) is 2. The number of nitrogens with two attached hydrogens (primary N) is 1. The Labute approximate surface area is 112 Å². The summed E-state index contributed by atoms with van der Waals surface area (Å²) in [6.45, 7) is 4.05. The second-order valence-electron chi connectivity index (χ2n) is 4.19. The van der Waals surface area contributed by atoms with Gasteiger partial charge in [0.15, 0.2) is 5.69 Å². The Kier molecular flexibility index (Phi) is 3.85. The molecule has 5 nitrogen and oxygen atoms in total. The van der Waals surface area contributed by atoms with E-state index in [2.05, 4.69) is 4.98 Å². The zero-order valence-corrected chi connectivity index (χ0v) is 11.0. The maximum atomic E-state index is 11.7. The fourth-order valence-electron chi connectivity index (χ4n) is 1.93. The van der Waals surface area contributed by atoms with Crippen LogP contribution in [0.4, 0.5) is 5.82 Å². The molecule has 0 aliphatic heterocycles. The molecule has 0 saturated carbocycles. The molecule has 0 aliphatic rings. The molecule has 1 aromatic carbocycles. The summed E-state index contributed by atoms with van der Waals surface area (Å²) in [5.74, 6) is -0.159. The maximum absolute atomic E-state index is 11.7. The second-order valence-corrected chi connectivity index (χ2v) is 4.19. The molecule has 0 saturated heterocycles. The highest BCUT2D eigenvalue weighted by molar-refractivity contribution is 5.92. The van der Waals surface area contributed by atoms with Crippen LogP contribution in [0.25, 0.3) is 0 Å². The number of rotatable bonds is 4. The first kappa shape index (κ1) is 13.1. The lowest BCUT2D eigenvalue weighted by Crippen LogP contribution is -2.12. The average molecular weight is 259 g/mol. The van der Waals surface area contributed by atoms with E-state index < -0.39 is 5.97 Å². The molecule has 0 bridgehead atoms. The topological polar surface area (TPSA) is 70.1 Å². The molecule has 100 valence electrons. The van der Waals surface area contributed by atoms with Crippen molar-refractivity contribution in [1.29, 1.82) is 0 Å². The van der Waals surface area contributed by atoms with E-state index in [9.17, 15) is 4.79 Å². The predicted octanol–water partition coefficient (Wildman–Crippen LogP) is 2.25. The quantitative estimate of drug-likeness (QED) is 0.855. The maximum Gasteiger partial charge on any atom is 0.360 e. The Bertz CT molecular complexity index is 563. The second kappa shape index (κ2) is 5.56. The van der Waals surface area contributed by atoms with E-state index in [1.54, 1.807) is 17.8 Å². The first-order chi connectivity index (χ1) is 9.15. The minimum absolute atomic E-state index is 0.0110. The zero-order chi connectivity index (χ0) is 13.8. The van der Waals surface area contributed by atoms with Gasteiger partial charge in [-0.25, -0.2) is 9.78 Å². The number of carbonyl (C=O) groups excluding carboxylic acids is 1. The van der Waals surface area contributed by atoms with Crippen molar-refractivity contribution in [1.82, 2.24) is 9.55 Å². The van der Waals surface area contributed by atoms with Crippen LogP contribution in [0.1, 0.15) is 35.9 Å². The van der Waals surface area contributed by atoms with E-state index in [-0.39, 0.29) is 11.7 Å². The molecule has 1 atom stereocenters. The molecule has 2 rings (SSSR count). The number of imidazole rings is 1. The third-order valence-electron chi connectivity index (χ3n) is 3.00. The van der Waals surface area contributed by atoms with Crippen LogP contribution in [-0.2, 0) is 4.74 Å². The number of hydrogen-bond donors (Lipinski definition) is 1. The zero-order valence-electron chi connectivity index (χ0n) is 11.0. The van der Waals surface area contributed by atoms with Gasteiger partial charge in [-0.05, 0) is 19.4 Å². The Balaban J connectivity index is 2.29. The summed E-state index contributed by atoms with van der Waals surface area (Å²) in [4.78, 5) is 15.7. The van der Waals surface area contributed by atoms with Crippen LogP contribution in [0.5, 0.6) is 0 Å². The lowest BCUT2D eigenvalue weighted by Gasteiger charge is -2.15. The van der Waals surface area contributed by atoms with E-state index in [1.165, 1.54) is 0 Å². The van der Waals surface area contributed by atoms with Crippen molar-refractivity contribution in [2.24, 2.45) is 0 Å². The molecule has 0 radical (unpaired) electrons.